The van der Waals surface area contributed by atoms with Gasteiger partial charge in [-0.2, -0.15) is 0 Å². The first-order valence-corrected chi connectivity index (χ1v) is 30.9. The molecular formula is C45H46Cl2SiZr. The number of hydrogen-bond acceptors (Lipinski definition) is 0. The molecule has 0 saturated heterocycles. The molecule has 8 rings (SSSR count). The van der Waals surface area contributed by atoms with E-state index in [0.29, 0.717) is 13.2 Å². The van der Waals surface area contributed by atoms with E-state index in [1.165, 1.54) is 60.5 Å². The first-order chi connectivity index (χ1) is 22.5. The van der Waals surface area contributed by atoms with Crippen LogP contribution in [-0.2, 0) is 17.4 Å². The summed E-state index contributed by atoms with van der Waals surface area (Å²) in [5.41, 5.74) is 16.2. The minimum atomic E-state index is -3.76. The van der Waals surface area contributed by atoms with Crippen LogP contribution in [0.15, 0.2) is 126 Å². The number of rotatable bonds is 5. The smallest absolute Gasteiger partial charge is 0.147 e. The molecule has 0 aliphatic heterocycles. The van der Waals surface area contributed by atoms with Gasteiger partial charge in [-0.05, 0) is 0 Å². The van der Waals surface area contributed by atoms with Gasteiger partial charge in [0.2, 0.25) is 0 Å². The minimum Gasteiger partial charge on any atom is -0.147 e. The second-order valence-corrected chi connectivity index (χ2v) is 46.1. The Hall–Kier alpha value is -3.00. The van der Waals surface area contributed by atoms with Crippen LogP contribution in [0, 0.1) is 12.8 Å². The third-order valence-corrected chi connectivity index (χ3v) is 29.0. The SMILES string of the molecule is CC1=Cc2c(-c3cccc4ccccc34)ccc(C)c2[CH]1[Zr]([CH3])([CH3])(=[SiH2])[CH]1C(C(C)C)=Cc2c(-c3cccc4ccccc34)cccc21.Cl.Cl. The standard InChI is InChI=1S/C22H19.C21H17.2CH3.2ClH.H2Si.Zr/c1-15(2)18-13-17-9-6-12-21(22(17)14-18)20-11-5-8-16-7-3-4-10-19(16)20;1-14-12-20-15(2)10-11-19(21(20)13-14)18-9-5-7-16-6-3-4-8-17(16)18;;;;;;/h3-15H,1-2H3;3-13H,1-2H3;2*1H3;2*1H;1H2;. The molecule has 0 radical (unpaired) electrons. The molecule has 4 heteroatoms. The molecule has 0 amide bonds. The van der Waals surface area contributed by atoms with Crippen molar-refractivity contribution in [1.82, 2.24) is 0 Å². The zero-order valence-corrected chi connectivity index (χ0v) is 34.9. The number of halogens is 2. The average Bonchev–Trinajstić information content (AvgIpc) is 3.65. The van der Waals surface area contributed by atoms with Gasteiger partial charge in [0, 0.05) is 0 Å². The average molecular weight is 777 g/mol. The summed E-state index contributed by atoms with van der Waals surface area (Å²) in [6, 6.07) is 43.2. The van der Waals surface area contributed by atoms with Crippen LogP contribution < -0.4 is 0 Å². The summed E-state index contributed by atoms with van der Waals surface area (Å²) in [5.74, 6) is 0.485. The summed E-state index contributed by atoms with van der Waals surface area (Å²) in [5, 5.41) is 5.28. The minimum absolute atomic E-state index is 0. The van der Waals surface area contributed by atoms with Crippen molar-refractivity contribution in [3.63, 3.8) is 0 Å². The molecule has 2 aliphatic rings. The first-order valence-electron chi connectivity index (χ1n) is 17.2. The fourth-order valence-electron chi connectivity index (χ4n) is 9.59. The van der Waals surface area contributed by atoms with Gasteiger partial charge >= 0.3 is 285 Å². The van der Waals surface area contributed by atoms with E-state index in [4.69, 9.17) is 0 Å². The zero-order valence-electron chi connectivity index (χ0n) is 29.4. The molecule has 2 atom stereocenters. The van der Waals surface area contributed by atoms with Crippen LogP contribution in [-0.4, -0.2) is 6.88 Å². The van der Waals surface area contributed by atoms with Crippen LogP contribution in [0.1, 0.15) is 55.8 Å². The van der Waals surface area contributed by atoms with Gasteiger partial charge in [0.25, 0.3) is 0 Å². The monoisotopic (exact) mass is 774 g/mol. The number of allylic oxidation sites excluding steroid dienone is 2. The van der Waals surface area contributed by atoms with Crippen molar-refractivity contribution >= 4 is 65.4 Å². The molecular weight excluding hydrogens is 731 g/mol. The van der Waals surface area contributed by atoms with Crippen molar-refractivity contribution in [3.8, 4) is 22.3 Å². The van der Waals surface area contributed by atoms with Crippen molar-refractivity contribution in [1.29, 1.82) is 0 Å². The van der Waals surface area contributed by atoms with E-state index in [-0.39, 0.29) is 24.8 Å². The summed E-state index contributed by atoms with van der Waals surface area (Å²) in [4.78, 5) is 0. The van der Waals surface area contributed by atoms with Gasteiger partial charge in [0.15, 0.2) is 0 Å². The van der Waals surface area contributed by atoms with Crippen LogP contribution >= 0.6 is 24.8 Å². The van der Waals surface area contributed by atoms with E-state index in [9.17, 15) is 0 Å². The third-order valence-electron chi connectivity index (χ3n) is 11.4. The Labute approximate surface area is 307 Å². The van der Waals surface area contributed by atoms with E-state index >= 15 is 0 Å². The van der Waals surface area contributed by atoms with Crippen molar-refractivity contribution in [2.24, 2.45) is 5.92 Å². The Morgan fingerprint density at radius 2 is 1.06 bits per heavy atom. The van der Waals surface area contributed by atoms with Gasteiger partial charge < -0.3 is 0 Å². The van der Waals surface area contributed by atoms with Crippen LogP contribution in [0.5, 0.6) is 0 Å². The summed E-state index contributed by atoms with van der Waals surface area (Å²) in [6.07, 6.45) is 5.18. The second-order valence-electron chi connectivity index (χ2n) is 15.6. The first kappa shape index (κ1) is 35.8. The Morgan fingerprint density at radius 3 is 1.65 bits per heavy atom. The molecule has 0 fully saturated rings. The predicted octanol–water partition coefficient (Wildman–Crippen LogP) is 13.1. The molecule has 2 aliphatic carbocycles. The summed E-state index contributed by atoms with van der Waals surface area (Å²) < 4.78 is 6.53. The fraction of sp³-hybridized carbons (Fsp3) is 0.200. The maximum Gasteiger partial charge on any atom is -0.147 e. The Balaban J connectivity index is 0.00000208. The van der Waals surface area contributed by atoms with E-state index in [0.717, 1.165) is 0 Å². The largest absolute Gasteiger partial charge is 0.147 e. The van der Waals surface area contributed by atoms with Crippen molar-refractivity contribution < 1.29 is 17.4 Å². The van der Waals surface area contributed by atoms with Gasteiger partial charge in [0.1, 0.15) is 0 Å². The summed E-state index contributed by atoms with van der Waals surface area (Å²) in [7, 11) is 0. The van der Waals surface area contributed by atoms with E-state index in [1.54, 1.807) is 22.3 Å². The maximum absolute atomic E-state index is 3.76. The van der Waals surface area contributed by atoms with Gasteiger partial charge in [-0.25, -0.2) is 0 Å². The van der Waals surface area contributed by atoms with Crippen molar-refractivity contribution in [3.05, 3.63) is 154 Å². The molecule has 6 aromatic rings. The Bertz CT molecular complexity index is 2400. The molecule has 0 spiro atoms. The predicted molar refractivity (Wildman–Crippen MR) is 220 cm³/mol. The zero-order chi connectivity index (χ0) is 32.7. The van der Waals surface area contributed by atoms with E-state index in [1.807, 2.05) is 0 Å². The molecule has 0 heterocycles. The Kier molecular flexibility index (Phi) is 9.47. The van der Waals surface area contributed by atoms with E-state index in [2.05, 4.69) is 171 Å². The number of hydrogen-bond donors (Lipinski definition) is 0. The summed E-state index contributed by atoms with van der Waals surface area (Å²) >= 11 is -3.76. The second kappa shape index (κ2) is 13.0. The van der Waals surface area contributed by atoms with Gasteiger partial charge in [-0.3, -0.25) is 0 Å². The Morgan fingerprint density at radius 1 is 0.551 bits per heavy atom. The molecule has 0 aromatic heterocycles. The fourth-order valence-corrected chi connectivity index (χ4v) is 30.2. The van der Waals surface area contributed by atoms with E-state index < -0.39 is 17.4 Å². The van der Waals surface area contributed by atoms with Crippen LogP contribution in [0.25, 0.3) is 56.0 Å². The molecule has 248 valence electrons. The van der Waals surface area contributed by atoms with Gasteiger partial charge in [-0.1, -0.05) is 0 Å². The maximum atomic E-state index is 2.78. The summed E-state index contributed by atoms with van der Waals surface area (Å²) in [6.45, 7) is 12.1. The third kappa shape index (κ3) is 5.59. The van der Waals surface area contributed by atoms with Gasteiger partial charge in [0.05, 0.1) is 0 Å². The van der Waals surface area contributed by atoms with Crippen LogP contribution in [0.3, 0.4) is 0 Å². The molecule has 6 aromatic carbocycles. The van der Waals surface area contributed by atoms with Crippen molar-refractivity contribution in [2.75, 3.05) is 0 Å². The number of fused-ring (bicyclic) bond motifs is 4. The van der Waals surface area contributed by atoms with Crippen molar-refractivity contribution in [2.45, 2.75) is 44.2 Å². The van der Waals surface area contributed by atoms with Crippen LogP contribution in [0.2, 0.25) is 9.26 Å². The quantitative estimate of drug-likeness (QED) is 0.153. The number of aryl methyl sites for hydroxylation is 1. The molecule has 0 saturated carbocycles. The molecule has 0 nitrogen and oxygen atoms in total. The molecule has 2 unspecified atom stereocenters. The molecule has 49 heavy (non-hydrogen) atoms. The topological polar surface area (TPSA) is 0 Å². The van der Waals surface area contributed by atoms with Gasteiger partial charge in [-0.15, -0.1) is 24.8 Å². The molecule has 0 N–H and O–H groups in total. The molecule has 0 bridgehead atoms. The number of benzene rings is 6. The van der Waals surface area contributed by atoms with Crippen LogP contribution in [0.4, 0.5) is 0 Å². The normalized spacial score (nSPS) is 16.9.